The molecule has 1 heterocycles. The molecule has 1 aromatic heterocycles. The van der Waals surface area contributed by atoms with Crippen molar-refractivity contribution in [3.05, 3.63) is 65.5 Å². The third kappa shape index (κ3) is 3.64. The molecule has 0 radical (unpaired) electrons. The fourth-order valence-electron chi connectivity index (χ4n) is 1.56. The Balaban J connectivity index is 1.96. The van der Waals surface area contributed by atoms with Crippen molar-refractivity contribution in [2.45, 2.75) is 6.54 Å². The molecule has 0 spiro atoms. The average molecular weight is 255 g/mol. The van der Waals surface area contributed by atoms with Crippen molar-refractivity contribution < 1.29 is 10.0 Å². The highest BCUT2D eigenvalue weighted by Gasteiger charge is 2.05. The Morgan fingerprint density at radius 3 is 2.68 bits per heavy atom. The van der Waals surface area contributed by atoms with E-state index >= 15 is 0 Å². The van der Waals surface area contributed by atoms with Crippen molar-refractivity contribution in [3.8, 4) is 0 Å². The summed E-state index contributed by atoms with van der Waals surface area (Å²) < 4.78 is 0. The SMILES string of the molecule is O=C(NCc1ccccc1)c1ccc(C=NO)nc1. The number of pyridine rings is 1. The van der Waals surface area contributed by atoms with E-state index < -0.39 is 0 Å². The van der Waals surface area contributed by atoms with Crippen LogP contribution in [0.1, 0.15) is 21.6 Å². The fourth-order valence-corrected chi connectivity index (χ4v) is 1.56. The van der Waals surface area contributed by atoms with Crippen molar-refractivity contribution in [3.63, 3.8) is 0 Å². The van der Waals surface area contributed by atoms with Gasteiger partial charge in [0.1, 0.15) is 0 Å². The van der Waals surface area contributed by atoms with E-state index in [1.165, 1.54) is 12.4 Å². The third-order valence-electron chi connectivity index (χ3n) is 2.53. The molecule has 96 valence electrons. The van der Waals surface area contributed by atoms with Gasteiger partial charge >= 0.3 is 0 Å². The van der Waals surface area contributed by atoms with Gasteiger partial charge in [0.15, 0.2) is 0 Å². The Morgan fingerprint density at radius 1 is 1.26 bits per heavy atom. The quantitative estimate of drug-likeness (QED) is 0.497. The first-order valence-corrected chi connectivity index (χ1v) is 5.75. The molecule has 2 rings (SSSR count). The Morgan fingerprint density at radius 2 is 2.05 bits per heavy atom. The molecule has 1 aromatic carbocycles. The molecular formula is C14H13N3O2. The number of nitrogens with zero attached hydrogens (tertiary/aromatic N) is 2. The predicted octanol–water partition coefficient (Wildman–Crippen LogP) is 1.82. The number of carbonyl (C=O) groups excluding carboxylic acids is 1. The lowest BCUT2D eigenvalue weighted by molar-refractivity contribution is 0.0950. The van der Waals surface area contributed by atoms with Crippen molar-refractivity contribution >= 4 is 12.1 Å². The summed E-state index contributed by atoms with van der Waals surface area (Å²) in [6, 6.07) is 12.9. The van der Waals surface area contributed by atoms with Crippen LogP contribution >= 0.6 is 0 Å². The van der Waals surface area contributed by atoms with E-state index in [2.05, 4.69) is 15.5 Å². The maximum absolute atomic E-state index is 11.9. The molecule has 5 nitrogen and oxygen atoms in total. The van der Waals surface area contributed by atoms with E-state index in [9.17, 15) is 4.79 Å². The van der Waals surface area contributed by atoms with E-state index in [-0.39, 0.29) is 5.91 Å². The maximum atomic E-state index is 11.9. The van der Waals surface area contributed by atoms with Gasteiger partial charge in [-0.3, -0.25) is 9.78 Å². The van der Waals surface area contributed by atoms with Crippen molar-refractivity contribution in [2.75, 3.05) is 0 Å². The van der Waals surface area contributed by atoms with E-state index in [0.29, 0.717) is 17.8 Å². The molecule has 0 saturated carbocycles. The summed E-state index contributed by atoms with van der Waals surface area (Å²) in [5, 5.41) is 14.0. The second-order valence-corrected chi connectivity index (χ2v) is 3.88. The number of carbonyl (C=O) groups is 1. The zero-order chi connectivity index (χ0) is 13.5. The van der Waals surface area contributed by atoms with Gasteiger partial charge in [-0.2, -0.15) is 0 Å². The summed E-state index contributed by atoms with van der Waals surface area (Å²) in [6.45, 7) is 0.472. The Bertz CT molecular complexity index is 565. The van der Waals surface area contributed by atoms with Crippen LogP contribution in [0.3, 0.4) is 0 Å². The zero-order valence-electron chi connectivity index (χ0n) is 10.2. The molecule has 19 heavy (non-hydrogen) atoms. The molecule has 0 aliphatic carbocycles. The monoisotopic (exact) mass is 255 g/mol. The minimum absolute atomic E-state index is 0.191. The summed E-state index contributed by atoms with van der Waals surface area (Å²) in [7, 11) is 0. The van der Waals surface area contributed by atoms with Gasteiger partial charge in [0.25, 0.3) is 5.91 Å². The smallest absolute Gasteiger partial charge is 0.253 e. The molecule has 0 bridgehead atoms. The summed E-state index contributed by atoms with van der Waals surface area (Å²) in [5.41, 5.74) is 1.99. The van der Waals surface area contributed by atoms with Gasteiger partial charge in [-0.1, -0.05) is 35.5 Å². The maximum Gasteiger partial charge on any atom is 0.253 e. The van der Waals surface area contributed by atoms with Gasteiger partial charge in [-0.05, 0) is 17.7 Å². The Hall–Kier alpha value is -2.69. The topological polar surface area (TPSA) is 74.6 Å². The van der Waals surface area contributed by atoms with Crippen molar-refractivity contribution in [2.24, 2.45) is 5.16 Å². The lowest BCUT2D eigenvalue weighted by atomic mass is 10.2. The van der Waals surface area contributed by atoms with Crippen molar-refractivity contribution in [1.29, 1.82) is 0 Å². The Kier molecular flexibility index (Phi) is 4.23. The molecule has 1 amide bonds. The van der Waals surface area contributed by atoms with Gasteiger partial charge in [0, 0.05) is 12.7 Å². The lowest BCUT2D eigenvalue weighted by Crippen LogP contribution is -2.22. The van der Waals surface area contributed by atoms with Crippen LogP contribution in [0.5, 0.6) is 0 Å². The summed E-state index contributed by atoms with van der Waals surface area (Å²) >= 11 is 0. The molecule has 2 aromatic rings. The van der Waals surface area contributed by atoms with Crippen molar-refractivity contribution in [1.82, 2.24) is 10.3 Å². The number of benzene rings is 1. The molecule has 0 saturated heterocycles. The normalized spacial score (nSPS) is 10.5. The van der Waals surface area contributed by atoms with Crippen LogP contribution < -0.4 is 5.32 Å². The van der Waals surface area contributed by atoms with Crippen LogP contribution in [-0.2, 0) is 6.54 Å². The molecule has 0 atom stereocenters. The Labute approximate surface area is 110 Å². The van der Waals surface area contributed by atoms with E-state index in [1.807, 2.05) is 30.3 Å². The highest BCUT2D eigenvalue weighted by molar-refractivity contribution is 5.94. The van der Waals surface area contributed by atoms with Gasteiger partial charge < -0.3 is 10.5 Å². The van der Waals surface area contributed by atoms with Gasteiger partial charge in [0.05, 0.1) is 17.5 Å². The minimum Gasteiger partial charge on any atom is -0.411 e. The highest BCUT2D eigenvalue weighted by atomic mass is 16.4. The van der Waals surface area contributed by atoms with Crippen LogP contribution in [0.25, 0.3) is 0 Å². The molecule has 2 N–H and O–H groups in total. The summed E-state index contributed by atoms with van der Waals surface area (Å²) in [6.07, 6.45) is 2.64. The second kappa shape index (κ2) is 6.30. The zero-order valence-corrected chi connectivity index (χ0v) is 10.2. The number of aromatic nitrogens is 1. The van der Waals surface area contributed by atoms with Crippen LogP contribution in [0.2, 0.25) is 0 Å². The largest absolute Gasteiger partial charge is 0.411 e. The lowest BCUT2D eigenvalue weighted by Gasteiger charge is -2.05. The van der Waals surface area contributed by atoms with Crippen LogP contribution in [-0.4, -0.2) is 22.3 Å². The molecule has 0 aliphatic rings. The van der Waals surface area contributed by atoms with Gasteiger partial charge in [-0.25, -0.2) is 0 Å². The first-order valence-electron chi connectivity index (χ1n) is 5.75. The average Bonchev–Trinajstić information content (AvgIpc) is 2.47. The van der Waals surface area contributed by atoms with Crippen LogP contribution in [0, 0.1) is 0 Å². The van der Waals surface area contributed by atoms with E-state index in [1.54, 1.807) is 12.1 Å². The predicted molar refractivity (Wildman–Crippen MR) is 71.2 cm³/mol. The molecular weight excluding hydrogens is 242 g/mol. The number of hydrogen-bond donors (Lipinski definition) is 2. The number of nitrogens with one attached hydrogen (secondary N) is 1. The molecule has 0 unspecified atom stereocenters. The number of amides is 1. The number of hydrogen-bond acceptors (Lipinski definition) is 4. The first kappa shape index (κ1) is 12.8. The summed E-state index contributed by atoms with van der Waals surface area (Å²) in [4.78, 5) is 15.8. The van der Waals surface area contributed by atoms with Gasteiger partial charge in [-0.15, -0.1) is 0 Å². The molecule has 5 heteroatoms. The standard InChI is InChI=1S/C14H13N3O2/c18-14(16-8-11-4-2-1-3-5-11)12-6-7-13(10-17-19)15-9-12/h1-7,9-10,19H,8H2,(H,16,18). The third-order valence-corrected chi connectivity index (χ3v) is 2.53. The van der Waals surface area contributed by atoms with E-state index in [4.69, 9.17) is 5.21 Å². The molecule has 0 aliphatic heterocycles. The van der Waals surface area contributed by atoms with Crippen LogP contribution in [0.4, 0.5) is 0 Å². The first-order chi connectivity index (χ1) is 9.29. The van der Waals surface area contributed by atoms with Crippen LogP contribution in [0.15, 0.2) is 53.8 Å². The van der Waals surface area contributed by atoms with E-state index in [0.717, 1.165) is 5.56 Å². The second-order valence-electron chi connectivity index (χ2n) is 3.88. The highest BCUT2D eigenvalue weighted by Crippen LogP contribution is 2.01. The fraction of sp³-hybridized carbons (Fsp3) is 0.0714. The molecule has 0 fully saturated rings. The number of rotatable bonds is 4. The number of oxime groups is 1. The minimum atomic E-state index is -0.191. The summed E-state index contributed by atoms with van der Waals surface area (Å²) in [5.74, 6) is -0.191. The van der Waals surface area contributed by atoms with Gasteiger partial charge in [0.2, 0.25) is 0 Å².